The van der Waals surface area contributed by atoms with Crippen LogP contribution in [0, 0.1) is 27.7 Å². The Morgan fingerprint density at radius 2 is 1.29 bits per heavy atom. The molecule has 0 aliphatic heterocycles. The van der Waals surface area contributed by atoms with Crippen molar-refractivity contribution < 1.29 is 27.9 Å². The van der Waals surface area contributed by atoms with Crippen LogP contribution in [0.15, 0.2) is 47.4 Å². The summed E-state index contributed by atoms with van der Waals surface area (Å²) in [5, 5.41) is 0. The Balaban J connectivity index is 0.000000332. The van der Waals surface area contributed by atoms with E-state index in [9.17, 15) is 8.42 Å². The maximum atomic E-state index is 12.2. The first-order chi connectivity index (χ1) is 12.7. The molecule has 1 fully saturated rings. The quantitative estimate of drug-likeness (QED) is 0.636. The summed E-state index contributed by atoms with van der Waals surface area (Å²) in [7, 11) is -3.44. The monoisotopic (exact) mass is 490 g/mol. The van der Waals surface area contributed by atoms with Crippen molar-refractivity contribution in [3.8, 4) is 0 Å². The van der Waals surface area contributed by atoms with Crippen LogP contribution in [0.2, 0.25) is 0 Å². The predicted molar refractivity (Wildman–Crippen MR) is 112 cm³/mol. The van der Waals surface area contributed by atoms with Gasteiger partial charge in [-0.3, -0.25) is 0 Å². The fourth-order valence-corrected chi connectivity index (χ4v) is 4.81. The average Bonchev–Trinajstić information content (AvgIpc) is 2.56. The second kappa shape index (κ2) is 11.2. The van der Waals surface area contributed by atoms with Gasteiger partial charge in [-0.15, -0.1) is 0 Å². The molecule has 0 heterocycles. The molecule has 3 N–H and O–H groups in total. The Hall–Kier alpha value is -1.07. The van der Waals surface area contributed by atoms with Crippen LogP contribution in [-0.4, -0.2) is 20.5 Å². The number of nitrogens with one attached hydrogen (secondary N) is 1. The van der Waals surface area contributed by atoms with Crippen LogP contribution in [0.3, 0.4) is 0 Å². The van der Waals surface area contributed by atoms with Gasteiger partial charge in [-0.2, -0.15) is 0 Å². The van der Waals surface area contributed by atoms with E-state index in [2.05, 4.69) is 43.7 Å². The molecule has 0 saturated heterocycles. The minimum atomic E-state index is -3.44. The van der Waals surface area contributed by atoms with Crippen molar-refractivity contribution in [3.63, 3.8) is 0 Å². The van der Waals surface area contributed by atoms with E-state index in [0.29, 0.717) is 4.90 Å². The minimum Gasteiger partial charge on any atom is -0.326 e. The third kappa shape index (κ3) is 7.75. The maximum absolute atomic E-state index is 12.2. The first-order valence-corrected chi connectivity index (χ1v) is 11.1. The second-order valence-electron chi connectivity index (χ2n) is 7.65. The number of aryl methyl sites for hydroxylation is 4. The topological polar surface area (TPSA) is 72.2 Å². The fourth-order valence-electron chi connectivity index (χ4n) is 3.49. The Labute approximate surface area is 183 Å². The molecule has 2 aromatic carbocycles. The third-order valence-electron chi connectivity index (χ3n) is 4.82. The summed E-state index contributed by atoms with van der Waals surface area (Å²) in [6.45, 7) is 8.31. The number of nitrogens with two attached hydrogens (primary N) is 1. The van der Waals surface area contributed by atoms with E-state index in [-0.39, 0.29) is 31.6 Å². The van der Waals surface area contributed by atoms with Crippen LogP contribution in [0.5, 0.6) is 0 Å². The van der Waals surface area contributed by atoms with Crippen molar-refractivity contribution in [1.29, 1.82) is 0 Å². The Bertz CT molecular complexity index is 801. The van der Waals surface area contributed by atoms with Crippen LogP contribution in [0.4, 0.5) is 0 Å². The van der Waals surface area contributed by atoms with E-state index in [4.69, 9.17) is 5.73 Å². The maximum Gasteiger partial charge on any atom is 0.240 e. The molecule has 0 amide bonds. The first-order valence-electron chi connectivity index (χ1n) is 9.57. The summed E-state index contributed by atoms with van der Waals surface area (Å²) < 4.78 is 27.1. The Morgan fingerprint density at radius 3 is 1.75 bits per heavy atom. The van der Waals surface area contributed by atoms with Gasteiger partial charge in [0, 0.05) is 31.6 Å². The summed E-state index contributed by atoms with van der Waals surface area (Å²) >= 11 is 0. The molecule has 1 aliphatic carbocycles. The van der Waals surface area contributed by atoms with Gasteiger partial charge in [-0.1, -0.05) is 65.4 Å². The molecule has 1 saturated carbocycles. The van der Waals surface area contributed by atoms with E-state index < -0.39 is 10.0 Å². The SMILES string of the molecule is Cc1cc(C)cc(C)c1.Cc1ccc(S(=O)(=O)N[C@@H]2CCCC[C@H]2N)cc1.[Ru]. The molecule has 0 spiro atoms. The minimum absolute atomic E-state index is 0. The van der Waals surface area contributed by atoms with E-state index in [1.807, 2.05) is 6.92 Å². The molecule has 4 nitrogen and oxygen atoms in total. The van der Waals surface area contributed by atoms with Crippen LogP contribution in [-0.2, 0) is 29.5 Å². The fraction of sp³-hybridized carbons (Fsp3) is 0.455. The van der Waals surface area contributed by atoms with Gasteiger partial charge in [-0.05, 0) is 52.7 Å². The zero-order chi connectivity index (χ0) is 20.0. The molecule has 0 unspecified atom stereocenters. The number of rotatable bonds is 3. The van der Waals surface area contributed by atoms with Crippen LogP contribution < -0.4 is 10.5 Å². The van der Waals surface area contributed by atoms with Crippen molar-refractivity contribution in [2.45, 2.75) is 70.4 Å². The van der Waals surface area contributed by atoms with Crippen molar-refractivity contribution >= 4 is 10.0 Å². The van der Waals surface area contributed by atoms with Crippen molar-refractivity contribution in [2.24, 2.45) is 5.73 Å². The second-order valence-corrected chi connectivity index (χ2v) is 9.37. The van der Waals surface area contributed by atoms with Crippen LogP contribution in [0.25, 0.3) is 0 Å². The first kappa shape index (κ1) is 25.0. The molecule has 156 valence electrons. The average molecular weight is 490 g/mol. The third-order valence-corrected chi connectivity index (χ3v) is 6.33. The smallest absolute Gasteiger partial charge is 0.240 e. The van der Waals surface area contributed by atoms with Gasteiger partial charge < -0.3 is 5.73 Å². The van der Waals surface area contributed by atoms with Gasteiger partial charge >= 0.3 is 0 Å². The molecular formula is C22H32N2O2RuS. The van der Waals surface area contributed by atoms with Gasteiger partial charge in [0.2, 0.25) is 10.0 Å². The van der Waals surface area contributed by atoms with E-state index >= 15 is 0 Å². The number of hydrogen-bond acceptors (Lipinski definition) is 3. The molecule has 28 heavy (non-hydrogen) atoms. The normalized spacial score (nSPS) is 19.2. The zero-order valence-electron chi connectivity index (χ0n) is 17.2. The van der Waals surface area contributed by atoms with E-state index in [1.54, 1.807) is 24.3 Å². The zero-order valence-corrected chi connectivity index (χ0v) is 19.7. The molecule has 6 heteroatoms. The Kier molecular flexibility index (Phi) is 9.99. The number of benzene rings is 2. The molecule has 2 atom stereocenters. The number of sulfonamides is 1. The van der Waals surface area contributed by atoms with Gasteiger partial charge in [0.1, 0.15) is 0 Å². The van der Waals surface area contributed by atoms with Crippen molar-refractivity contribution in [2.75, 3.05) is 0 Å². The van der Waals surface area contributed by atoms with Crippen molar-refractivity contribution in [1.82, 2.24) is 4.72 Å². The summed E-state index contributed by atoms with van der Waals surface area (Å²) in [4.78, 5) is 0.311. The van der Waals surface area contributed by atoms with Gasteiger partial charge in [-0.25, -0.2) is 13.1 Å². The van der Waals surface area contributed by atoms with Gasteiger partial charge in [0.15, 0.2) is 0 Å². The summed E-state index contributed by atoms with van der Waals surface area (Å²) in [6.07, 6.45) is 3.84. The molecular weight excluding hydrogens is 457 g/mol. The standard InChI is InChI=1S/C13H20N2O2S.C9H12.Ru/c1-10-6-8-11(9-7-10)18(16,17)15-13-5-3-2-4-12(13)14;1-7-4-8(2)6-9(3)5-7;/h6-9,12-13,15H,2-5,14H2,1H3;4-6H,1-3H3;/t12-,13-;;/m1../s1. The Morgan fingerprint density at radius 1 is 0.821 bits per heavy atom. The van der Waals surface area contributed by atoms with Crippen LogP contribution >= 0.6 is 0 Å². The largest absolute Gasteiger partial charge is 0.326 e. The molecule has 0 aromatic heterocycles. The van der Waals surface area contributed by atoms with Gasteiger partial charge in [0.05, 0.1) is 4.90 Å². The summed E-state index contributed by atoms with van der Waals surface area (Å²) in [6, 6.07) is 13.2. The number of hydrogen-bond donors (Lipinski definition) is 2. The van der Waals surface area contributed by atoms with Crippen LogP contribution in [0.1, 0.15) is 47.9 Å². The van der Waals surface area contributed by atoms with Crippen molar-refractivity contribution in [3.05, 3.63) is 64.7 Å². The van der Waals surface area contributed by atoms with Gasteiger partial charge in [0.25, 0.3) is 0 Å². The summed E-state index contributed by atoms with van der Waals surface area (Å²) in [5.41, 5.74) is 11.1. The summed E-state index contributed by atoms with van der Waals surface area (Å²) in [5.74, 6) is 0. The molecule has 2 aromatic rings. The van der Waals surface area contributed by atoms with E-state index in [0.717, 1.165) is 31.2 Å². The predicted octanol–water partition coefficient (Wildman–Crippen LogP) is 4.15. The van der Waals surface area contributed by atoms with E-state index in [1.165, 1.54) is 16.7 Å². The molecule has 3 rings (SSSR count). The molecule has 1 aliphatic rings. The molecule has 0 bridgehead atoms. The molecule has 0 radical (unpaired) electrons.